The van der Waals surface area contributed by atoms with E-state index in [1.54, 1.807) is 9.80 Å². The van der Waals surface area contributed by atoms with Crippen LogP contribution in [0.3, 0.4) is 0 Å². The van der Waals surface area contributed by atoms with Crippen LogP contribution in [-0.2, 0) is 11.3 Å². The predicted octanol–water partition coefficient (Wildman–Crippen LogP) is 3.92. The topological polar surface area (TPSA) is 60.9 Å². The van der Waals surface area contributed by atoms with Gasteiger partial charge in [0.25, 0.3) is 0 Å². The Morgan fingerprint density at radius 3 is 2.20 bits per heavy atom. The first kappa shape index (κ1) is 18.5. The molecule has 0 heterocycles. The van der Waals surface area contributed by atoms with E-state index < -0.39 is 5.97 Å². The third-order valence-electron chi connectivity index (χ3n) is 3.99. The molecule has 1 N–H and O–H groups in total. The molecule has 0 spiro atoms. The van der Waals surface area contributed by atoms with E-state index in [2.05, 4.69) is 0 Å². The molecule has 0 saturated heterocycles. The van der Waals surface area contributed by atoms with Crippen LogP contribution in [0.5, 0.6) is 0 Å². The van der Waals surface area contributed by atoms with Crippen LogP contribution < -0.4 is 4.90 Å². The van der Waals surface area contributed by atoms with Crippen LogP contribution in [0.1, 0.15) is 24.5 Å². The number of carboxylic acid groups (broad SMARTS) is 1. The minimum absolute atomic E-state index is 0.0947. The number of carboxylic acids is 1. The maximum atomic E-state index is 13.0. The summed E-state index contributed by atoms with van der Waals surface area (Å²) in [5, 5.41) is 9.01. The summed E-state index contributed by atoms with van der Waals surface area (Å²) in [5.74, 6) is -0.920. The maximum absolute atomic E-state index is 13.0. The highest BCUT2D eigenvalue weighted by molar-refractivity contribution is 5.92. The molecule has 0 radical (unpaired) electrons. The van der Waals surface area contributed by atoms with E-state index >= 15 is 0 Å². The third-order valence-corrected chi connectivity index (χ3v) is 3.99. The van der Waals surface area contributed by atoms with Gasteiger partial charge in [-0.15, -0.1) is 0 Å². The number of urea groups is 1. The molecule has 132 valence electrons. The largest absolute Gasteiger partial charge is 0.481 e. The Labute approximate surface area is 148 Å². The van der Waals surface area contributed by atoms with Gasteiger partial charge >= 0.3 is 12.0 Å². The molecule has 5 heteroatoms. The van der Waals surface area contributed by atoms with E-state index in [4.69, 9.17) is 5.11 Å². The zero-order valence-electron chi connectivity index (χ0n) is 14.7. The van der Waals surface area contributed by atoms with Crippen molar-refractivity contribution < 1.29 is 14.7 Å². The molecule has 0 atom stereocenters. The van der Waals surface area contributed by atoms with Gasteiger partial charge in [-0.25, -0.2) is 4.79 Å². The molecular formula is C20H24N2O3. The highest BCUT2D eigenvalue weighted by Gasteiger charge is 2.22. The Morgan fingerprint density at radius 2 is 1.64 bits per heavy atom. The molecule has 0 aliphatic carbocycles. The molecular weight excluding hydrogens is 316 g/mol. The standard InChI is InChI=1S/C20H24N2O3/c1-3-21(15-17-7-5-4-6-8-17)20(25)22(14-13-19(23)24)18-11-9-16(2)10-12-18/h4-12H,3,13-15H2,1-2H3,(H,23,24). The van der Waals surface area contributed by atoms with Crippen molar-refractivity contribution >= 4 is 17.7 Å². The van der Waals surface area contributed by atoms with Crippen molar-refractivity contribution in [1.29, 1.82) is 0 Å². The molecule has 2 aromatic carbocycles. The van der Waals surface area contributed by atoms with Crippen LogP contribution in [0.15, 0.2) is 54.6 Å². The van der Waals surface area contributed by atoms with Crippen molar-refractivity contribution in [2.24, 2.45) is 0 Å². The number of carbonyl (C=O) groups excluding carboxylic acids is 1. The van der Waals surface area contributed by atoms with Gasteiger partial charge in [-0.05, 0) is 31.5 Å². The van der Waals surface area contributed by atoms with E-state index in [1.807, 2.05) is 68.4 Å². The van der Waals surface area contributed by atoms with Gasteiger partial charge in [0.15, 0.2) is 0 Å². The van der Waals surface area contributed by atoms with Gasteiger partial charge in [0.05, 0.1) is 6.42 Å². The van der Waals surface area contributed by atoms with Gasteiger partial charge in [0, 0.05) is 25.3 Å². The number of aryl methyl sites for hydroxylation is 1. The number of hydrogen-bond donors (Lipinski definition) is 1. The van der Waals surface area contributed by atoms with Gasteiger partial charge in [-0.3, -0.25) is 9.69 Å². The summed E-state index contributed by atoms with van der Waals surface area (Å²) in [6.45, 7) is 5.07. The van der Waals surface area contributed by atoms with E-state index in [9.17, 15) is 9.59 Å². The Bertz CT molecular complexity index is 699. The van der Waals surface area contributed by atoms with Gasteiger partial charge in [-0.1, -0.05) is 48.0 Å². The van der Waals surface area contributed by atoms with Crippen LogP contribution in [0.25, 0.3) is 0 Å². The quantitative estimate of drug-likeness (QED) is 0.831. The molecule has 0 bridgehead atoms. The lowest BCUT2D eigenvalue weighted by atomic mass is 10.2. The van der Waals surface area contributed by atoms with E-state index in [1.165, 1.54) is 0 Å². The van der Waals surface area contributed by atoms with Crippen molar-refractivity contribution in [3.63, 3.8) is 0 Å². The number of rotatable bonds is 7. The Kier molecular flexibility index (Phi) is 6.57. The number of hydrogen-bond acceptors (Lipinski definition) is 2. The summed E-state index contributed by atoms with van der Waals surface area (Å²) in [4.78, 5) is 27.3. The van der Waals surface area contributed by atoms with Crippen LogP contribution in [0.4, 0.5) is 10.5 Å². The summed E-state index contributed by atoms with van der Waals surface area (Å²) >= 11 is 0. The summed E-state index contributed by atoms with van der Waals surface area (Å²) in [5.41, 5.74) is 2.84. The Morgan fingerprint density at radius 1 is 1.00 bits per heavy atom. The summed E-state index contributed by atoms with van der Waals surface area (Å²) in [6, 6.07) is 17.1. The highest BCUT2D eigenvalue weighted by Crippen LogP contribution is 2.19. The SMILES string of the molecule is CCN(Cc1ccccc1)C(=O)N(CCC(=O)O)c1ccc(C)cc1. The first-order valence-corrected chi connectivity index (χ1v) is 8.40. The molecule has 5 nitrogen and oxygen atoms in total. The number of anilines is 1. The average molecular weight is 340 g/mol. The summed E-state index contributed by atoms with van der Waals surface area (Å²) in [7, 11) is 0. The first-order chi connectivity index (χ1) is 12.0. The zero-order chi connectivity index (χ0) is 18.2. The number of carbonyl (C=O) groups is 2. The second-order valence-electron chi connectivity index (χ2n) is 5.91. The van der Waals surface area contributed by atoms with Crippen molar-refractivity contribution in [3.8, 4) is 0 Å². The molecule has 0 aliphatic rings. The van der Waals surface area contributed by atoms with Crippen molar-refractivity contribution in [2.75, 3.05) is 18.0 Å². The smallest absolute Gasteiger partial charge is 0.324 e. The molecule has 0 saturated carbocycles. The molecule has 2 rings (SSSR count). The molecule has 0 unspecified atom stereocenters. The number of aliphatic carboxylic acids is 1. The van der Waals surface area contributed by atoms with Gasteiger partial charge < -0.3 is 10.0 Å². The monoisotopic (exact) mass is 340 g/mol. The fourth-order valence-electron chi connectivity index (χ4n) is 2.56. The number of benzene rings is 2. The van der Waals surface area contributed by atoms with Gasteiger partial charge in [-0.2, -0.15) is 0 Å². The minimum atomic E-state index is -0.920. The molecule has 0 aromatic heterocycles. The Hall–Kier alpha value is -2.82. The second-order valence-corrected chi connectivity index (χ2v) is 5.91. The summed E-state index contributed by atoms with van der Waals surface area (Å²) in [6.07, 6.45) is -0.0947. The minimum Gasteiger partial charge on any atom is -0.481 e. The first-order valence-electron chi connectivity index (χ1n) is 8.40. The molecule has 2 amide bonds. The lowest BCUT2D eigenvalue weighted by Gasteiger charge is -2.30. The average Bonchev–Trinajstić information content (AvgIpc) is 2.61. The molecule has 25 heavy (non-hydrogen) atoms. The van der Waals surface area contributed by atoms with Crippen molar-refractivity contribution in [1.82, 2.24) is 4.90 Å². The van der Waals surface area contributed by atoms with E-state index in [0.29, 0.717) is 18.8 Å². The fourth-order valence-corrected chi connectivity index (χ4v) is 2.56. The lowest BCUT2D eigenvalue weighted by Crippen LogP contribution is -2.44. The van der Waals surface area contributed by atoms with E-state index in [-0.39, 0.29) is 19.0 Å². The molecule has 0 aliphatic heterocycles. The van der Waals surface area contributed by atoms with Crippen LogP contribution >= 0.6 is 0 Å². The highest BCUT2D eigenvalue weighted by atomic mass is 16.4. The van der Waals surface area contributed by atoms with Crippen LogP contribution in [-0.4, -0.2) is 35.1 Å². The fraction of sp³-hybridized carbons (Fsp3) is 0.300. The summed E-state index contributed by atoms with van der Waals surface area (Å²) < 4.78 is 0. The van der Waals surface area contributed by atoms with E-state index in [0.717, 1.165) is 11.1 Å². The van der Waals surface area contributed by atoms with Gasteiger partial charge in [0.1, 0.15) is 0 Å². The van der Waals surface area contributed by atoms with Crippen molar-refractivity contribution in [3.05, 3.63) is 65.7 Å². The molecule has 2 aromatic rings. The van der Waals surface area contributed by atoms with Gasteiger partial charge in [0.2, 0.25) is 0 Å². The molecule has 0 fully saturated rings. The zero-order valence-corrected chi connectivity index (χ0v) is 14.7. The maximum Gasteiger partial charge on any atom is 0.324 e. The Balaban J connectivity index is 2.22. The second kappa shape index (κ2) is 8.87. The van der Waals surface area contributed by atoms with Crippen LogP contribution in [0.2, 0.25) is 0 Å². The number of nitrogens with zero attached hydrogens (tertiary/aromatic N) is 2. The number of amides is 2. The predicted molar refractivity (Wildman–Crippen MR) is 98.7 cm³/mol. The normalized spacial score (nSPS) is 10.3. The lowest BCUT2D eigenvalue weighted by molar-refractivity contribution is -0.136. The van der Waals surface area contributed by atoms with Crippen LogP contribution in [0, 0.1) is 6.92 Å². The van der Waals surface area contributed by atoms with Crippen molar-refractivity contribution in [2.45, 2.75) is 26.8 Å². The third kappa shape index (κ3) is 5.35.